The Labute approximate surface area is 147 Å². The summed E-state index contributed by atoms with van der Waals surface area (Å²) in [5.74, 6) is 0.215. The minimum absolute atomic E-state index is 0.0722. The molecule has 0 radical (unpaired) electrons. The van der Waals surface area contributed by atoms with E-state index in [2.05, 4.69) is 15.0 Å². The molecule has 0 aliphatic carbocycles. The van der Waals surface area contributed by atoms with Gasteiger partial charge in [-0.25, -0.2) is 15.0 Å². The number of nitrogens with zero attached hydrogens (tertiary/aromatic N) is 5. The molecule has 0 spiro atoms. The normalized spacial score (nSPS) is 15.7. The molecule has 138 valence electrons. The molecular weight excluding hydrogens is 349 g/mol. The summed E-state index contributed by atoms with van der Waals surface area (Å²) in [6.45, 7) is 1.91. The standard InChI is InChI=1S/C16H17F3N6O/c17-16(18,19)11-2-3-12(23-10-11)24-6-1-7-25(9-8-24)15(26)13-14(20)22-5-4-21-13/h2-5,10H,1,6-9H2,(H2,20,22). The number of nitrogens with two attached hydrogens (primary N) is 1. The van der Waals surface area contributed by atoms with Gasteiger partial charge in [0, 0.05) is 44.8 Å². The molecule has 2 aromatic heterocycles. The number of carbonyl (C=O) groups is 1. The van der Waals surface area contributed by atoms with Crippen LogP contribution in [0, 0.1) is 0 Å². The van der Waals surface area contributed by atoms with Crippen LogP contribution in [0.5, 0.6) is 0 Å². The second-order valence-corrected chi connectivity index (χ2v) is 5.83. The summed E-state index contributed by atoms with van der Waals surface area (Å²) >= 11 is 0. The monoisotopic (exact) mass is 366 g/mol. The van der Waals surface area contributed by atoms with Gasteiger partial charge in [0.25, 0.3) is 5.91 Å². The molecular formula is C16H17F3N6O. The van der Waals surface area contributed by atoms with Crippen molar-refractivity contribution in [2.75, 3.05) is 36.8 Å². The van der Waals surface area contributed by atoms with E-state index in [-0.39, 0.29) is 17.4 Å². The number of aromatic nitrogens is 3. The van der Waals surface area contributed by atoms with Crippen LogP contribution in [0.3, 0.4) is 0 Å². The van der Waals surface area contributed by atoms with Gasteiger partial charge in [0.2, 0.25) is 0 Å². The van der Waals surface area contributed by atoms with Crippen molar-refractivity contribution in [1.29, 1.82) is 0 Å². The molecule has 1 aliphatic heterocycles. The van der Waals surface area contributed by atoms with Gasteiger partial charge in [-0.1, -0.05) is 0 Å². The first-order valence-electron chi connectivity index (χ1n) is 8.00. The molecule has 2 N–H and O–H groups in total. The molecule has 3 rings (SSSR count). The number of rotatable bonds is 2. The lowest BCUT2D eigenvalue weighted by atomic mass is 10.2. The van der Waals surface area contributed by atoms with E-state index in [0.717, 1.165) is 12.3 Å². The second-order valence-electron chi connectivity index (χ2n) is 5.83. The lowest BCUT2D eigenvalue weighted by Gasteiger charge is -2.23. The smallest absolute Gasteiger partial charge is 0.382 e. The summed E-state index contributed by atoms with van der Waals surface area (Å²) in [6, 6.07) is 2.36. The quantitative estimate of drug-likeness (QED) is 0.872. The zero-order valence-electron chi connectivity index (χ0n) is 13.8. The van der Waals surface area contributed by atoms with E-state index in [1.165, 1.54) is 18.5 Å². The Kier molecular flexibility index (Phi) is 4.92. The molecule has 1 amide bonds. The summed E-state index contributed by atoms with van der Waals surface area (Å²) in [6.07, 6.45) is -0.130. The number of nitrogen functional groups attached to an aromatic ring is 1. The van der Waals surface area contributed by atoms with Crippen LogP contribution in [-0.2, 0) is 6.18 Å². The Bertz CT molecular complexity index is 780. The van der Waals surface area contributed by atoms with E-state index in [1.54, 1.807) is 4.90 Å². The average Bonchev–Trinajstić information content (AvgIpc) is 2.87. The van der Waals surface area contributed by atoms with Gasteiger partial charge in [-0.3, -0.25) is 4.79 Å². The Hall–Kier alpha value is -2.91. The van der Waals surface area contributed by atoms with E-state index in [4.69, 9.17) is 5.73 Å². The number of anilines is 2. The first-order valence-corrected chi connectivity index (χ1v) is 8.00. The predicted octanol–water partition coefficient (Wildman–Crippen LogP) is 1.83. The Morgan fingerprint density at radius 3 is 2.46 bits per heavy atom. The first kappa shape index (κ1) is 17.9. The molecule has 0 aromatic carbocycles. The molecule has 0 atom stereocenters. The van der Waals surface area contributed by atoms with Crippen molar-refractivity contribution in [3.63, 3.8) is 0 Å². The van der Waals surface area contributed by atoms with Crippen molar-refractivity contribution < 1.29 is 18.0 Å². The fraction of sp³-hybridized carbons (Fsp3) is 0.375. The van der Waals surface area contributed by atoms with Crippen molar-refractivity contribution in [3.05, 3.63) is 42.0 Å². The van der Waals surface area contributed by atoms with Gasteiger partial charge < -0.3 is 15.5 Å². The lowest BCUT2D eigenvalue weighted by molar-refractivity contribution is -0.137. The number of alkyl halides is 3. The van der Waals surface area contributed by atoms with Gasteiger partial charge in [-0.2, -0.15) is 13.2 Å². The topological polar surface area (TPSA) is 88.2 Å². The minimum atomic E-state index is -4.41. The van der Waals surface area contributed by atoms with Crippen LogP contribution >= 0.6 is 0 Å². The van der Waals surface area contributed by atoms with E-state index < -0.39 is 11.7 Å². The number of halogens is 3. The summed E-state index contributed by atoms with van der Waals surface area (Å²) in [4.78, 5) is 27.8. The van der Waals surface area contributed by atoms with Crippen LogP contribution in [0.25, 0.3) is 0 Å². The molecule has 0 saturated carbocycles. The highest BCUT2D eigenvalue weighted by molar-refractivity contribution is 5.96. The van der Waals surface area contributed by atoms with Crippen molar-refractivity contribution in [2.45, 2.75) is 12.6 Å². The fourth-order valence-corrected chi connectivity index (χ4v) is 2.75. The maximum atomic E-state index is 12.6. The highest BCUT2D eigenvalue weighted by Gasteiger charge is 2.31. The first-order chi connectivity index (χ1) is 12.4. The van der Waals surface area contributed by atoms with Crippen LogP contribution < -0.4 is 10.6 Å². The zero-order chi connectivity index (χ0) is 18.7. The fourth-order valence-electron chi connectivity index (χ4n) is 2.75. The van der Waals surface area contributed by atoms with Gasteiger partial charge in [-0.05, 0) is 18.6 Å². The molecule has 0 bridgehead atoms. The number of amides is 1. The van der Waals surface area contributed by atoms with Gasteiger partial charge in [0.15, 0.2) is 11.5 Å². The van der Waals surface area contributed by atoms with Crippen LogP contribution in [0.2, 0.25) is 0 Å². The third-order valence-electron chi connectivity index (χ3n) is 4.11. The van der Waals surface area contributed by atoms with E-state index in [9.17, 15) is 18.0 Å². The van der Waals surface area contributed by atoms with Crippen molar-refractivity contribution in [1.82, 2.24) is 19.9 Å². The number of hydrogen-bond donors (Lipinski definition) is 1. The average molecular weight is 366 g/mol. The molecule has 7 nitrogen and oxygen atoms in total. The molecule has 1 aliphatic rings. The Morgan fingerprint density at radius 2 is 1.81 bits per heavy atom. The maximum absolute atomic E-state index is 12.6. The highest BCUT2D eigenvalue weighted by Crippen LogP contribution is 2.29. The number of pyridine rings is 1. The molecule has 10 heteroatoms. The van der Waals surface area contributed by atoms with Crippen LogP contribution in [-0.4, -0.2) is 51.9 Å². The maximum Gasteiger partial charge on any atom is 0.417 e. The van der Waals surface area contributed by atoms with Gasteiger partial charge in [0.05, 0.1) is 5.56 Å². The van der Waals surface area contributed by atoms with Gasteiger partial charge in [-0.15, -0.1) is 0 Å². The van der Waals surface area contributed by atoms with Crippen LogP contribution in [0.1, 0.15) is 22.5 Å². The molecule has 1 fully saturated rings. The molecule has 2 aromatic rings. The van der Waals surface area contributed by atoms with E-state index in [0.29, 0.717) is 38.4 Å². The molecule has 0 unspecified atom stereocenters. The number of carbonyl (C=O) groups excluding carboxylic acids is 1. The summed E-state index contributed by atoms with van der Waals surface area (Å²) in [7, 11) is 0. The van der Waals surface area contributed by atoms with Crippen molar-refractivity contribution in [2.24, 2.45) is 0 Å². The highest BCUT2D eigenvalue weighted by atomic mass is 19.4. The van der Waals surface area contributed by atoms with Gasteiger partial charge >= 0.3 is 6.18 Å². The summed E-state index contributed by atoms with van der Waals surface area (Å²) < 4.78 is 37.9. The summed E-state index contributed by atoms with van der Waals surface area (Å²) in [5.41, 5.74) is 5.02. The van der Waals surface area contributed by atoms with Crippen LogP contribution in [0.4, 0.5) is 24.8 Å². The van der Waals surface area contributed by atoms with Crippen molar-refractivity contribution in [3.8, 4) is 0 Å². The Balaban J connectivity index is 1.68. The molecule has 3 heterocycles. The van der Waals surface area contributed by atoms with Crippen LogP contribution in [0.15, 0.2) is 30.7 Å². The second kappa shape index (κ2) is 7.14. The third kappa shape index (κ3) is 3.84. The summed E-state index contributed by atoms with van der Waals surface area (Å²) in [5, 5.41) is 0. The predicted molar refractivity (Wildman–Crippen MR) is 88.4 cm³/mol. The van der Waals surface area contributed by atoms with E-state index >= 15 is 0 Å². The minimum Gasteiger partial charge on any atom is -0.382 e. The molecule has 26 heavy (non-hydrogen) atoms. The lowest BCUT2D eigenvalue weighted by Crippen LogP contribution is -2.36. The molecule has 1 saturated heterocycles. The van der Waals surface area contributed by atoms with E-state index in [1.807, 2.05) is 4.90 Å². The zero-order valence-corrected chi connectivity index (χ0v) is 13.8. The Morgan fingerprint density at radius 1 is 1.04 bits per heavy atom. The number of hydrogen-bond acceptors (Lipinski definition) is 6. The van der Waals surface area contributed by atoms with Gasteiger partial charge in [0.1, 0.15) is 5.82 Å². The largest absolute Gasteiger partial charge is 0.417 e. The SMILES string of the molecule is Nc1nccnc1C(=O)N1CCCN(c2ccc(C(F)(F)F)cn2)CC1. The van der Waals surface area contributed by atoms with Crippen molar-refractivity contribution >= 4 is 17.5 Å². The third-order valence-corrected chi connectivity index (χ3v) is 4.11.